The summed E-state index contributed by atoms with van der Waals surface area (Å²) in [6.45, 7) is 4.27. The molecule has 0 atom stereocenters. The Morgan fingerprint density at radius 1 is 1.29 bits per heavy atom. The fourth-order valence-corrected chi connectivity index (χ4v) is 1.30. The van der Waals surface area contributed by atoms with Gasteiger partial charge in [-0.3, -0.25) is 0 Å². The summed E-state index contributed by atoms with van der Waals surface area (Å²) in [5, 5.41) is 3.87. The summed E-state index contributed by atoms with van der Waals surface area (Å²) in [6.07, 6.45) is 0. The second-order valence-electron chi connectivity index (χ2n) is 4.52. The molecule has 2 rings (SSSR count). The molecule has 0 spiro atoms. The predicted octanol–water partition coefficient (Wildman–Crippen LogP) is 2.11. The van der Waals surface area contributed by atoms with Crippen molar-refractivity contribution < 1.29 is 8.91 Å². The Balaban J connectivity index is 2.33. The lowest BCUT2D eigenvalue weighted by Gasteiger charge is -2.15. The molecule has 0 unspecified atom stereocenters. The van der Waals surface area contributed by atoms with Crippen LogP contribution >= 0.6 is 0 Å². The van der Waals surface area contributed by atoms with Crippen molar-refractivity contribution in [1.29, 1.82) is 0 Å². The molecule has 17 heavy (non-hydrogen) atoms. The van der Waals surface area contributed by atoms with Gasteiger partial charge in [0.1, 0.15) is 5.82 Å². The molecule has 0 aliphatic rings. The van der Waals surface area contributed by atoms with Crippen LogP contribution in [-0.4, -0.2) is 16.7 Å². The third-order valence-electron chi connectivity index (χ3n) is 2.62. The molecule has 1 aromatic heterocycles. The first kappa shape index (κ1) is 11.7. The Morgan fingerprint density at radius 3 is 2.53 bits per heavy atom. The number of hydrogen-bond donors (Lipinski definition) is 1. The van der Waals surface area contributed by atoms with Crippen LogP contribution in [-0.2, 0) is 5.41 Å². The van der Waals surface area contributed by atoms with Crippen molar-refractivity contribution in [1.82, 2.24) is 10.1 Å². The van der Waals surface area contributed by atoms with Crippen molar-refractivity contribution in [2.45, 2.75) is 19.3 Å². The molecule has 5 heteroatoms. The maximum atomic E-state index is 12.8. The van der Waals surface area contributed by atoms with E-state index in [-0.39, 0.29) is 11.2 Å². The SMILES string of the molecule is CC(C)(CN)c1nc(-c2ccc(F)cc2)no1. The van der Waals surface area contributed by atoms with Crippen LogP contribution in [0.5, 0.6) is 0 Å². The van der Waals surface area contributed by atoms with E-state index in [1.54, 1.807) is 12.1 Å². The summed E-state index contributed by atoms with van der Waals surface area (Å²) >= 11 is 0. The largest absolute Gasteiger partial charge is 0.338 e. The zero-order valence-corrected chi connectivity index (χ0v) is 9.77. The van der Waals surface area contributed by atoms with Gasteiger partial charge in [0.2, 0.25) is 11.7 Å². The van der Waals surface area contributed by atoms with E-state index < -0.39 is 0 Å². The summed E-state index contributed by atoms with van der Waals surface area (Å²) in [4.78, 5) is 4.27. The Kier molecular flexibility index (Phi) is 2.93. The van der Waals surface area contributed by atoms with Gasteiger partial charge in [-0.1, -0.05) is 5.16 Å². The summed E-state index contributed by atoms with van der Waals surface area (Å²) in [7, 11) is 0. The van der Waals surface area contributed by atoms with E-state index in [0.29, 0.717) is 23.8 Å². The highest BCUT2D eigenvalue weighted by molar-refractivity contribution is 5.53. The Morgan fingerprint density at radius 2 is 1.94 bits per heavy atom. The van der Waals surface area contributed by atoms with Crippen molar-refractivity contribution in [2.75, 3.05) is 6.54 Å². The summed E-state index contributed by atoms with van der Waals surface area (Å²) in [5.41, 5.74) is 5.99. The van der Waals surface area contributed by atoms with Gasteiger partial charge in [0, 0.05) is 12.1 Å². The fraction of sp³-hybridized carbons (Fsp3) is 0.333. The van der Waals surface area contributed by atoms with Crippen molar-refractivity contribution in [2.24, 2.45) is 5.73 Å². The normalized spacial score (nSPS) is 11.8. The number of nitrogens with two attached hydrogens (primary N) is 1. The zero-order valence-electron chi connectivity index (χ0n) is 9.77. The minimum atomic E-state index is -0.356. The molecule has 0 amide bonds. The number of halogens is 1. The zero-order chi connectivity index (χ0) is 12.5. The van der Waals surface area contributed by atoms with Gasteiger partial charge in [0.05, 0.1) is 5.41 Å². The molecule has 0 radical (unpaired) electrons. The lowest BCUT2D eigenvalue weighted by atomic mass is 9.94. The molecule has 0 aliphatic carbocycles. The van der Waals surface area contributed by atoms with Gasteiger partial charge in [-0.15, -0.1) is 0 Å². The monoisotopic (exact) mass is 235 g/mol. The Labute approximate surface area is 98.6 Å². The molecule has 0 saturated heterocycles. The summed E-state index contributed by atoms with van der Waals surface area (Å²) in [6, 6.07) is 5.94. The minimum Gasteiger partial charge on any atom is -0.338 e. The highest BCUT2D eigenvalue weighted by Gasteiger charge is 2.26. The molecule has 90 valence electrons. The molecule has 1 aromatic carbocycles. The predicted molar refractivity (Wildman–Crippen MR) is 61.8 cm³/mol. The van der Waals surface area contributed by atoms with E-state index >= 15 is 0 Å². The first-order chi connectivity index (χ1) is 8.03. The average molecular weight is 235 g/mol. The molecule has 0 saturated carbocycles. The smallest absolute Gasteiger partial charge is 0.233 e. The quantitative estimate of drug-likeness (QED) is 0.884. The molecular weight excluding hydrogens is 221 g/mol. The van der Waals surface area contributed by atoms with Crippen molar-refractivity contribution in [3.63, 3.8) is 0 Å². The lowest BCUT2D eigenvalue weighted by molar-refractivity contribution is 0.311. The van der Waals surface area contributed by atoms with E-state index in [0.717, 1.165) is 0 Å². The minimum absolute atomic E-state index is 0.292. The van der Waals surface area contributed by atoms with Crippen molar-refractivity contribution >= 4 is 0 Å². The molecule has 2 aromatic rings. The van der Waals surface area contributed by atoms with Gasteiger partial charge < -0.3 is 10.3 Å². The van der Waals surface area contributed by atoms with Crippen LogP contribution < -0.4 is 5.73 Å². The maximum absolute atomic E-state index is 12.8. The van der Waals surface area contributed by atoms with E-state index in [1.165, 1.54) is 12.1 Å². The maximum Gasteiger partial charge on any atom is 0.233 e. The topological polar surface area (TPSA) is 64.9 Å². The van der Waals surface area contributed by atoms with Crippen LogP contribution in [0.2, 0.25) is 0 Å². The number of nitrogens with zero attached hydrogens (tertiary/aromatic N) is 2. The number of rotatable bonds is 3. The van der Waals surface area contributed by atoms with E-state index in [9.17, 15) is 4.39 Å². The van der Waals surface area contributed by atoms with Crippen LogP contribution in [0.25, 0.3) is 11.4 Å². The molecule has 4 nitrogen and oxygen atoms in total. The first-order valence-electron chi connectivity index (χ1n) is 5.33. The van der Waals surface area contributed by atoms with E-state index in [4.69, 9.17) is 10.3 Å². The summed E-state index contributed by atoms with van der Waals surface area (Å²) in [5.74, 6) is 0.639. The van der Waals surface area contributed by atoms with Crippen LogP contribution in [0.3, 0.4) is 0 Å². The molecule has 1 heterocycles. The fourth-order valence-electron chi connectivity index (χ4n) is 1.30. The highest BCUT2D eigenvalue weighted by Crippen LogP contribution is 2.23. The van der Waals surface area contributed by atoms with E-state index in [2.05, 4.69) is 10.1 Å². The van der Waals surface area contributed by atoms with Crippen molar-refractivity contribution in [3.8, 4) is 11.4 Å². The number of benzene rings is 1. The first-order valence-corrected chi connectivity index (χ1v) is 5.33. The van der Waals surface area contributed by atoms with Gasteiger partial charge in [-0.2, -0.15) is 4.98 Å². The Bertz CT molecular complexity index is 505. The second-order valence-corrected chi connectivity index (χ2v) is 4.52. The average Bonchev–Trinajstić information content (AvgIpc) is 2.80. The van der Waals surface area contributed by atoms with Crippen LogP contribution in [0.4, 0.5) is 4.39 Å². The van der Waals surface area contributed by atoms with Gasteiger partial charge in [0.15, 0.2) is 0 Å². The molecular formula is C12H14FN3O. The third-order valence-corrected chi connectivity index (χ3v) is 2.62. The molecule has 0 aliphatic heterocycles. The van der Waals surface area contributed by atoms with Crippen molar-refractivity contribution in [3.05, 3.63) is 36.0 Å². The van der Waals surface area contributed by atoms with Gasteiger partial charge in [-0.25, -0.2) is 4.39 Å². The van der Waals surface area contributed by atoms with Gasteiger partial charge >= 0.3 is 0 Å². The van der Waals surface area contributed by atoms with Crippen LogP contribution in [0.15, 0.2) is 28.8 Å². The van der Waals surface area contributed by atoms with Gasteiger partial charge in [0.25, 0.3) is 0 Å². The van der Waals surface area contributed by atoms with Crippen LogP contribution in [0.1, 0.15) is 19.7 Å². The Hall–Kier alpha value is -1.75. The van der Waals surface area contributed by atoms with E-state index in [1.807, 2.05) is 13.8 Å². The van der Waals surface area contributed by atoms with Crippen LogP contribution in [0, 0.1) is 5.82 Å². The number of hydrogen-bond acceptors (Lipinski definition) is 4. The number of aromatic nitrogens is 2. The lowest BCUT2D eigenvalue weighted by Crippen LogP contribution is -2.28. The molecule has 0 fully saturated rings. The summed E-state index contributed by atoms with van der Waals surface area (Å²) < 4.78 is 17.9. The second kappa shape index (κ2) is 4.25. The van der Waals surface area contributed by atoms with Gasteiger partial charge in [-0.05, 0) is 38.1 Å². The highest BCUT2D eigenvalue weighted by atomic mass is 19.1. The molecule has 2 N–H and O–H groups in total. The standard InChI is InChI=1S/C12H14FN3O/c1-12(2,7-14)11-15-10(16-17-11)8-3-5-9(13)6-4-8/h3-6H,7,14H2,1-2H3. The molecule has 0 bridgehead atoms. The third kappa shape index (κ3) is 2.34.